The van der Waals surface area contributed by atoms with Crippen molar-refractivity contribution in [3.8, 4) is 0 Å². The zero-order valence-corrected chi connectivity index (χ0v) is 7.77. The molecule has 0 aliphatic heterocycles. The highest BCUT2D eigenvalue weighted by molar-refractivity contribution is 5.77. The fraction of sp³-hybridized carbons (Fsp3) is 0.700. The molecular weight excluding hydrogens is 134 g/mol. The Bertz CT molecular complexity index is 125. The first-order valence-corrected chi connectivity index (χ1v) is 4.48. The second-order valence-electron chi connectivity index (χ2n) is 2.80. The molecule has 0 aromatic carbocycles. The molecule has 0 atom stereocenters. The molecule has 64 valence electrons. The van der Waals surface area contributed by atoms with Gasteiger partial charge in [0.05, 0.1) is 0 Å². The molecule has 1 nitrogen and oxygen atoms in total. The molecular formula is C10H19N. The summed E-state index contributed by atoms with van der Waals surface area (Å²) in [6.07, 6.45) is 6.57. The Morgan fingerprint density at radius 1 is 1.36 bits per heavy atom. The van der Waals surface area contributed by atoms with E-state index in [4.69, 9.17) is 0 Å². The van der Waals surface area contributed by atoms with Crippen LogP contribution in [0.1, 0.15) is 39.5 Å². The summed E-state index contributed by atoms with van der Waals surface area (Å²) in [7, 11) is 0. The van der Waals surface area contributed by atoms with E-state index in [0.717, 1.165) is 18.5 Å². The van der Waals surface area contributed by atoms with Gasteiger partial charge in [0.25, 0.3) is 0 Å². The fourth-order valence-electron chi connectivity index (χ4n) is 0.829. The number of allylic oxidation sites excluding steroid dienone is 1. The lowest BCUT2D eigenvalue weighted by Gasteiger charge is -1.94. The van der Waals surface area contributed by atoms with E-state index in [1.54, 1.807) is 0 Å². The molecule has 0 radical (unpaired) electrons. The minimum atomic E-state index is 0.958. The second-order valence-corrected chi connectivity index (χ2v) is 2.80. The van der Waals surface area contributed by atoms with Crippen LogP contribution in [0.2, 0.25) is 0 Å². The van der Waals surface area contributed by atoms with Crippen LogP contribution in [0.4, 0.5) is 0 Å². The third-order valence-corrected chi connectivity index (χ3v) is 1.49. The van der Waals surface area contributed by atoms with Gasteiger partial charge >= 0.3 is 0 Å². The molecule has 0 saturated heterocycles. The summed E-state index contributed by atoms with van der Waals surface area (Å²) >= 11 is 0. The topological polar surface area (TPSA) is 12.4 Å². The number of hydrogen-bond donors (Lipinski definition) is 0. The molecule has 0 saturated carbocycles. The lowest BCUT2D eigenvalue weighted by molar-refractivity contribution is 0.809. The first-order chi connectivity index (χ1) is 5.31. The average molecular weight is 153 g/mol. The minimum Gasteiger partial charge on any atom is -0.293 e. The van der Waals surface area contributed by atoms with Crippen molar-refractivity contribution < 1.29 is 0 Å². The molecule has 0 amide bonds. The number of aliphatic imine (C=N–C) groups is 1. The van der Waals surface area contributed by atoms with Crippen LogP contribution in [0.15, 0.2) is 17.1 Å². The summed E-state index contributed by atoms with van der Waals surface area (Å²) < 4.78 is 0. The van der Waals surface area contributed by atoms with Gasteiger partial charge in [0.1, 0.15) is 0 Å². The van der Waals surface area contributed by atoms with E-state index in [1.807, 2.05) is 6.21 Å². The summed E-state index contributed by atoms with van der Waals surface area (Å²) in [6.45, 7) is 9.19. The van der Waals surface area contributed by atoms with Crippen molar-refractivity contribution in [1.82, 2.24) is 0 Å². The van der Waals surface area contributed by atoms with Crippen molar-refractivity contribution in [3.63, 3.8) is 0 Å². The van der Waals surface area contributed by atoms with Gasteiger partial charge < -0.3 is 0 Å². The molecule has 0 spiro atoms. The largest absolute Gasteiger partial charge is 0.293 e. The van der Waals surface area contributed by atoms with E-state index in [9.17, 15) is 0 Å². The molecule has 1 heteroatoms. The minimum absolute atomic E-state index is 0.958. The lowest BCUT2D eigenvalue weighted by atomic mass is 10.2. The number of unbranched alkanes of at least 4 members (excludes halogenated alkanes) is 1. The Kier molecular flexibility index (Phi) is 7.11. The van der Waals surface area contributed by atoms with Gasteiger partial charge in [0.15, 0.2) is 0 Å². The summed E-state index contributed by atoms with van der Waals surface area (Å²) in [4.78, 5) is 4.26. The maximum atomic E-state index is 4.26. The van der Waals surface area contributed by atoms with Gasteiger partial charge in [-0.25, -0.2) is 0 Å². The monoisotopic (exact) mass is 153 g/mol. The predicted octanol–water partition coefficient (Wildman–Crippen LogP) is 3.21. The van der Waals surface area contributed by atoms with Crippen LogP contribution < -0.4 is 0 Å². The zero-order chi connectivity index (χ0) is 8.53. The van der Waals surface area contributed by atoms with Crippen LogP contribution in [0.5, 0.6) is 0 Å². The van der Waals surface area contributed by atoms with Crippen LogP contribution in [0.25, 0.3) is 0 Å². The third-order valence-electron chi connectivity index (χ3n) is 1.49. The standard InChI is InChI=1S/C10H19N/c1-4-6-8-11-9-10(3)7-5-2/h9H,3-8H2,1-2H3. The van der Waals surface area contributed by atoms with Crippen LogP contribution in [0, 0.1) is 0 Å². The zero-order valence-electron chi connectivity index (χ0n) is 7.77. The maximum Gasteiger partial charge on any atom is 0.0389 e. The van der Waals surface area contributed by atoms with Gasteiger partial charge in [-0.3, -0.25) is 4.99 Å². The van der Waals surface area contributed by atoms with Crippen LogP contribution in [0.3, 0.4) is 0 Å². The van der Waals surface area contributed by atoms with Gasteiger partial charge in [-0.2, -0.15) is 0 Å². The Morgan fingerprint density at radius 3 is 2.64 bits per heavy atom. The van der Waals surface area contributed by atoms with Crippen LogP contribution in [-0.2, 0) is 0 Å². The normalized spacial score (nSPS) is 10.7. The van der Waals surface area contributed by atoms with E-state index < -0.39 is 0 Å². The molecule has 0 aromatic rings. The van der Waals surface area contributed by atoms with Crippen LogP contribution in [-0.4, -0.2) is 12.8 Å². The van der Waals surface area contributed by atoms with Crippen molar-refractivity contribution in [3.05, 3.63) is 12.2 Å². The number of hydrogen-bond acceptors (Lipinski definition) is 1. The van der Waals surface area contributed by atoms with Crippen molar-refractivity contribution >= 4 is 6.21 Å². The Labute approximate surface area is 70.2 Å². The Balaban J connectivity index is 3.32. The predicted molar refractivity (Wildman–Crippen MR) is 52.3 cm³/mol. The molecule has 0 heterocycles. The molecule has 0 unspecified atom stereocenters. The Hall–Kier alpha value is -0.590. The first kappa shape index (κ1) is 10.4. The second kappa shape index (κ2) is 7.52. The summed E-state index contributed by atoms with van der Waals surface area (Å²) in [5, 5.41) is 0. The van der Waals surface area contributed by atoms with Gasteiger partial charge in [0.2, 0.25) is 0 Å². The summed E-state index contributed by atoms with van der Waals surface area (Å²) in [6, 6.07) is 0. The highest BCUT2D eigenvalue weighted by Gasteiger charge is 1.85. The highest BCUT2D eigenvalue weighted by Crippen LogP contribution is 1.97. The highest BCUT2D eigenvalue weighted by atomic mass is 14.7. The van der Waals surface area contributed by atoms with Gasteiger partial charge in [-0.15, -0.1) is 0 Å². The quantitative estimate of drug-likeness (QED) is 0.410. The molecule has 0 fully saturated rings. The van der Waals surface area contributed by atoms with E-state index in [1.165, 1.54) is 19.3 Å². The smallest absolute Gasteiger partial charge is 0.0389 e. The van der Waals surface area contributed by atoms with E-state index in [2.05, 4.69) is 25.4 Å². The number of rotatable bonds is 6. The van der Waals surface area contributed by atoms with Crippen molar-refractivity contribution in [2.75, 3.05) is 6.54 Å². The van der Waals surface area contributed by atoms with Crippen molar-refractivity contribution in [1.29, 1.82) is 0 Å². The van der Waals surface area contributed by atoms with E-state index >= 15 is 0 Å². The molecule has 11 heavy (non-hydrogen) atoms. The lowest BCUT2D eigenvalue weighted by Crippen LogP contribution is -1.84. The summed E-state index contributed by atoms with van der Waals surface area (Å²) in [5.74, 6) is 0. The van der Waals surface area contributed by atoms with Crippen molar-refractivity contribution in [2.24, 2.45) is 4.99 Å². The van der Waals surface area contributed by atoms with E-state index in [0.29, 0.717) is 0 Å². The van der Waals surface area contributed by atoms with E-state index in [-0.39, 0.29) is 0 Å². The van der Waals surface area contributed by atoms with Crippen molar-refractivity contribution in [2.45, 2.75) is 39.5 Å². The molecule has 0 N–H and O–H groups in total. The van der Waals surface area contributed by atoms with Gasteiger partial charge in [0, 0.05) is 12.8 Å². The summed E-state index contributed by atoms with van der Waals surface area (Å²) in [5.41, 5.74) is 1.16. The third kappa shape index (κ3) is 7.31. The maximum absolute atomic E-state index is 4.26. The molecule has 0 aliphatic carbocycles. The van der Waals surface area contributed by atoms with Gasteiger partial charge in [-0.05, 0) is 18.4 Å². The first-order valence-electron chi connectivity index (χ1n) is 4.48. The molecule has 0 aromatic heterocycles. The SMILES string of the molecule is C=C(C=NCCCC)CCC. The number of nitrogens with zero attached hydrogens (tertiary/aromatic N) is 1. The Morgan fingerprint density at radius 2 is 2.09 bits per heavy atom. The van der Waals surface area contributed by atoms with Crippen LogP contribution >= 0.6 is 0 Å². The fourth-order valence-corrected chi connectivity index (χ4v) is 0.829. The molecule has 0 aliphatic rings. The van der Waals surface area contributed by atoms with Gasteiger partial charge in [-0.1, -0.05) is 33.3 Å². The average Bonchev–Trinajstić information content (AvgIpc) is 1.99. The molecule has 0 bridgehead atoms. The molecule has 0 rings (SSSR count).